The summed E-state index contributed by atoms with van der Waals surface area (Å²) in [6.45, 7) is 1.80. The molecule has 0 bridgehead atoms. The predicted octanol–water partition coefficient (Wildman–Crippen LogP) is 2.27. The molecule has 2 aliphatic rings. The lowest BCUT2D eigenvalue weighted by molar-refractivity contribution is -0.495. The lowest BCUT2D eigenvalue weighted by Gasteiger charge is -2.31. The third kappa shape index (κ3) is 4.08. The summed E-state index contributed by atoms with van der Waals surface area (Å²) in [6.07, 6.45) is -3.93. The van der Waals surface area contributed by atoms with E-state index in [1.54, 1.807) is 0 Å². The summed E-state index contributed by atoms with van der Waals surface area (Å²) in [6, 6.07) is 0.0150. The first-order valence-corrected chi connectivity index (χ1v) is 9.56. The number of rotatable bonds is 4. The van der Waals surface area contributed by atoms with Crippen LogP contribution in [0.5, 0.6) is 5.75 Å². The van der Waals surface area contributed by atoms with Crippen molar-refractivity contribution in [3.63, 3.8) is 0 Å². The number of amides is 2. The number of nitrogens with zero attached hydrogens (tertiary/aromatic N) is 1. The molecule has 0 saturated carbocycles. The highest BCUT2D eigenvalue weighted by atomic mass is 19.4. The summed E-state index contributed by atoms with van der Waals surface area (Å²) < 4.78 is 74.3. The summed E-state index contributed by atoms with van der Waals surface area (Å²) >= 11 is 0. The fraction of sp³-hybridized carbons (Fsp3) is 0.400. The van der Waals surface area contributed by atoms with Crippen LogP contribution in [0.15, 0.2) is 36.2 Å². The molecule has 1 aromatic rings. The normalized spacial score (nSPS) is 29.7. The maximum atomic E-state index is 14.0. The number of phenols is 1. The maximum absolute atomic E-state index is 14.0. The van der Waals surface area contributed by atoms with Gasteiger partial charge in [0.1, 0.15) is 6.10 Å². The molecule has 2 amide bonds. The van der Waals surface area contributed by atoms with Crippen LogP contribution >= 0.6 is 0 Å². The van der Waals surface area contributed by atoms with Gasteiger partial charge in [-0.15, -0.1) is 0 Å². The van der Waals surface area contributed by atoms with Crippen LogP contribution in [0.25, 0.3) is 0 Å². The fourth-order valence-electron chi connectivity index (χ4n) is 3.90. The fourth-order valence-corrected chi connectivity index (χ4v) is 3.90. The van der Waals surface area contributed by atoms with Crippen molar-refractivity contribution in [3.8, 4) is 5.75 Å². The van der Waals surface area contributed by atoms with Crippen molar-refractivity contribution >= 4 is 11.8 Å². The number of ether oxygens (including phenoxy) is 1. The van der Waals surface area contributed by atoms with Crippen molar-refractivity contribution in [3.05, 3.63) is 58.3 Å². The summed E-state index contributed by atoms with van der Waals surface area (Å²) in [5.74, 6) is -9.59. The number of nitrogens with two attached hydrogens (primary N) is 1. The van der Waals surface area contributed by atoms with E-state index in [-0.39, 0.29) is 10.5 Å². The van der Waals surface area contributed by atoms with Crippen LogP contribution in [-0.4, -0.2) is 45.6 Å². The summed E-state index contributed by atoms with van der Waals surface area (Å²) in [4.78, 5) is 35.9. The lowest BCUT2D eigenvalue weighted by atomic mass is 9.77. The average molecular weight is 476 g/mol. The lowest BCUT2D eigenvalue weighted by Crippen LogP contribution is -2.47. The van der Waals surface area contributed by atoms with Gasteiger partial charge in [-0.2, -0.15) is 17.6 Å². The Morgan fingerprint density at radius 1 is 1.27 bits per heavy atom. The molecule has 2 aliphatic heterocycles. The Labute approximate surface area is 183 Å². The standard InChI is InChI=1S/C20H18F5N3O5/c1-8-13(10-3-4-11(21)14(22)15(10)29)16(33-19(8,2)20(23,24)25)18(31)27-9-5-6-28(32)12(7-9)17(26)30/h3-8,12-13,16H,1-2H3,(H3-,26,27,29,30,31)/p+1/t8-,12?,13+,16+,19+/m1/s1. The number of halogens is 5. The van der Waals surface area contributed by atoms with E-state index in [1.807, 2.05) is 0 Å². The van der Waals surface area contributed by atoms with E-state index < -0.39 is 70.5 Å². The summed E-state index contributed by atoms with van der Waals surface area (Å²) in [5, 5.41) is 12.3. The van der Waals surface area contributed by atoms with E-state index in [0.29, 0.717) is 13.0 Å². The molecule has 4 N–H and O–H groups in total. The molecule has 0 aromatic heterocycles. The molecule has 2 heterocycles. The van der Waals surface area contributed by atoms with Gasteiger partial charge in [0, 0.05) is 39.2 Å². The molecule has 178 valence electrons. The Morgan fingerprint density at radius 3 is 2.48 bits per heavy atom. The Hall–Kier alpha value is -3.35. The Balaban J connectivity index is 2.02. The van der Waals surface area contributed by atoms with Gasteiger partial charge in [-0.1, -0.05) is 13.0 Å². The van der Waals surface area contributed by atoms with Gasteiger partial charge in [0.05, 0.1) is 5.70 Å². The van der Waals surface area contributed by atoms with Crippen molar-refractivity contribution in [2.24, 2.45) is 11.7 Å². The summed E-state index contributed by atoms with van der Waals surface area (Å²) in [7, 11) is 0. The molecule has 3 rings (SSSR count). The SMILES string of the molecule is C[C@@H]1[C@@H](c2ccc(F)c(F)c2O)[C@@H](C(=O)NC2=CC(C(N)=O)[N+](=O)C=C2)O[C@]1(C)C(F)(F)F. The Bertz CT molecular complexity index is 1090. The number of nitrogens with one attached hydrogen (secondary N) is 1. The first-order chi connectivity index (χ1) is 15.2. The number of hydrogen-bond donors (Lipinski definition) is 3. The summed E-state index contributed by atoms with van der Waals surface area (Å²) in [5.41, 5.74) is 1.64. The predicted molar refractivity (Wildman–Crippen MR) is 101 cm³/mol. The topological polar surface area (TPSA) is 122 Å². The monoisotopic (exact) mass is 476 g/mol. The van der Waals surface area contributed by atoms with Gasteiger partial charge >= 0.3 is 12.2 Å². The molecule has 5 atom stereocenters. The number of carbonyl (C=O) groups excluding carboxylic acids is 2. The van der Waals surface area contributed by atoms with Crippen molar-refractivity contribution in [1.29, 1.82) is 0 Å². The number of carbonyl (C=O) groups is 2. The van der Waals surface area contributed by atoms with Crippen LogP contribution in [-0.2, 0) is 14.3 Å². The molecule has 0 spiro atoms. The zero-order chi connectivity index (χ0) is 24.9. The highest BCUT2D eigenvalue weighted by molar-refractivity contribution is 5.86. The zero-order valence-electron chi connectivity index (χ0n) is 17.2. The quantitative estimate of drug-likeness (QED) is 0.455. The Morgan fingerprint density at radius 2 is 1.91 bits per heavy atom. The van der Waals surface area contributed by atoms with Gasteiger partial charge in [0.15, 0.2) is 17.2 Å². The first kappa shape index (κ1) is 24.3. The minimum atomic E-state index is -4.96. The van der Waals surface area contributed by atoms with Crippen molar-refractivity contribution in [2.75, 3.05) is 0 Å². The number of phenolic OH excluding ortho intramolecular Hbond substituents is 1. The van der Waals surface area contributed by atoms with Crippen LogP contribution in [0, 0.1) is 22.5 Å². The molecule has 33 heavy (non-hydrogen) atoms. The third-order valence-corrected chi connectivity index (χ3v) is 5.96. The molecule has 1 unspecified atom stereocenters. The molecular formula is C20H19F5N3O5+. The Kier molecular flexibility index (Phi) is 6.04. The van der Waals surface area contributed by atoms with E-state index in [9.17, 15) is 41.6 Å². The largest absolute Gasteiger partial charge is 0.505 e. The second-order valence-electron chi connectivity index (χ2n) is 7.89. The average Bonchev–Trinajstić information content (AvgIpc) is 3.00. The molecule has 13 heteroatoms. The van der Waals surface area contributed by atoms with E-state index in [1.165, 1.54) is 0 Å². The van der Waals surface area contributed by atoms with Crippen LogP contribution in [0.2, 0.25) is 0 Å². The number of hydrogen-bond acceptors (Lipinski definition) is 5. The molecule has 0 aliphatic carbocycles. The van der Waals surface area contributed by atoms with Gasteiger partial charge in [0.25, 0.3) is 11.8 Å². The highest BCUT2D eigenvalue weighted by Gasteiger charge is 2.65. The molecular weight excluding hydrogens is 457 g/mol. The van der Waals surface area contributed by atoms with Crippen molar-refractivity contribution < 1.29 is 46.1 Å². The van der Waals surface area contributed by atoms with E-state index in [2.05, 4.69) is 5.32 Å². The molecule has 1 aromatic carbocycles. The highest BCUT2D eigenvalue weighted by Crippen LogP contribution is 2.54. The van der Waals surface area contributed by atoms with Crippen molar-refractivity contribution in [1.82, 2.24) is 5.32 Å². The van der Waals surface area contributed by atoms with E-state index >= 15 is 0 Å². The minimum Gasteiger partial charge on any atom is -0.505 e. The molecule has 8 nitrogen and oxygen atoms in total. The second-order valence-corrected chi connectivity index (χ2v) is 7.89. The number of primary amides is 1. The van der Waals surface area contributed by atoms with Crippen molar-refractivity contribution in [2.45, 2.75) is 43.7 Å². The third-order valence-electron chi connectivity index (χ3n) is 5.96. The van der Waals surface area contributed by atoms with E-state index in [0.717, 1.165) is 31.3 Å². The van der Waals surface area contributed by atoms with Crippen LogP contribution < -0.4 is 11.1 Å². The van der Waals surface area contributed by atoms with Crippen LogP contribution in [0.3, 0.4) is 0 Å². The number of allylic oxidation sites excluding steroid dienone is 1. The number of benzene rings is 1. The van der Waals surface area contributed by atoms with Gasteiger partial charge in [-0.25, -0.2) is 4.39 Å². The minimum absolute atomic E-state index is 0.124. The second kappa shape index (κ2) is 8.21. The molecule has 1 saturated heterocycles. The van der Waals surface area contributed by atoms with Gasteiger partial charge in [0.2, 0.25) is 12.0 Å². The van der Waals surface area contributed by atoms with Crippen LogP contribution in [0.4, 0.5) is 22.0 Å². The molecule has 0 radical (unpaired) electrons. The number of nitroso groups, excluding NO2 is 1. The van der Waals surface area contributed by atoms with Gasteiger partial charge < -0.3 is 20.9 Å². The van der Waals surface area contributed by atoms with Gasteiger partial charge in [-0.3, -0.25) is 9.59 Å². The van der Waals surface area contributed by atoms with E-state index in [4.69, 9.17) is 10.5 Å². The van der Waals surface area contributed by atoms with Gasteiger partial charge in [-0.05, 0) is 13.0 Å². The number of aromatic hydroxyl groups is 1. The number of alkyl halides is 3. The zero-order valence-corrected chi connectivity index (χ0v) is 17.2. The maximum Gasteiger partial charge on any atom is 0.417 e. The molecule has 1 fully saturated rings. The first-order valence-electron chi connectivity index (χ1n) is 9.56. The smallest absolute Gasteiger partial charge is 0.417 e. The van der Waals surface area contributed by atoms with Crippen LogP contribution in [0.1, 0.15) is 25.3 Å².